The van der Waals surface area contributed by atoms with E-state index >= 15 is 0 Å². The van der Waals surface area contributed by atoms with Gasteiger partial charge in [0.2, 0.25) is 0 Å². The van der Waals surface area contributed by atoms with Gasteiger partial charge in [-0.2, -0.15) is 0 Å². The Bertz CT molecular complexity index is 8.49. The molecule has 4 N–H and O–H groups in total. The number of hydrogen-bond donors (Lipinski definition) is 0. The molecule has 8 heteroatoms. The van der Waals surface area contributed by atoms with Crippen LogP contribution in [-0.2, 0) is 37.8 Å². The van der Waals surface area contributed by atoms with Gasteiger partial charge in [0.15, 0.2) is 0 Å². The summed E-state index contributed by atoms with van der Waals surface area (Å²) in [6, 6.07) is 0. The summed E-state index contributed by atoms with van der Waals surface area (Å²) < 4.78 is 8.36. The van der Waals surface area contributed by atoms with E-state index in [1.807, 2.05) is 0 Å². The predicted molar refractivity (Wildman–Crippen MR) is 15.7 cm³/mol. The van der Waals surface area contributed by atoms with Gasteiger partial charge in [-0.15, -0.1) is 0 Å². The monoisotopic (exact) mass is 360 g/mol. The normalized spacial score (nSPS) is 0.500. The second kappa shape index (κ2) is 354. The van der Waals surface area contributed by atoms with E-state index in [2.05, 4.69) is 0 Å². The molecule has 0 heterocycles. The molecule has 0 aromatic carbocycles. The molecule has 0 spiro atoms. The average Bonchev–Trinajstić information content (AvgIpc) is 1.00. The van der Waals surface area contributed by atoms with Crippen molar-refractivity contribution in [3.63, 3.8) is 0 Å². The molecule has 0 fully saturated rings. The van der Waals surface area contributed by atoms with Crippen LogP contribution in [0.15, 0.2) is 0 Å². The van der Waals surface area contributed by atoms with Crippen LogP contribution >= 0.6 is 0 Å². The van der Waals surface area contributed by atoms with Crippen molar-refractivity contribution in [1.82, 2.24) is 0 Å². The predicted octanol–water partition coefficient (Wildman–Crippen LogP) is -2.51. The summed E-state index contributed by atoms with van der Waals surface area (Å²) in [6.45, 7) is 0. The smallest absolute Gasteiger partial charge is 0 e. The largest absolute Gasteiger partial charge is 0 e. The van der Waals surface area contributed by atoms with Gasteiger partial charge in [0.05, 0.1) is 0 Å². The van der Waals surface area contributed by atoms with Crippen molar-refractivity contribution in [3.8, 4) is 0 Å². The first-order valence-corrected chi connectivity index (χ1v) is 1.60. The minimum atomic E-state index is 0. The molecule has 0 aromatic rings. The van der Waals surface area contributed by atoms with Crippen LogP contribution < -0.4 is 0 Å². The first kappa shape index (κ1) is 138. The van der Waals surface area contributed by atoms with Crippen LogP contribution in [0.4, 0.5) is 0 Å². The SMILES string of the molecule is O.O.[O-2].[O-2].[O-2].[O]=[Bi+].[V]. The minimum Gasteiger partial charge on any atom is 0 e. The Balaban J connectivity index is -0.000000000333. The fraction of sp³-hybridized carbons (Fsp3) is 0. The van der Waals surface area contributed by atoms with Gasteiger partial charge in [0, 0.05) is 18.6 Å². The quantitative estimate of drug-likeness (QED) is 0.428. The molecule has 0 aliphatic carbocycles. The Labute approximate surface area is 73.4 Å². The summed E-state index contributed by atoms with van der Waals surface area (Å²) in [7, 11) is 0. The molecular formula is H4BiO6V-5. The average molecular weight is 360 g/mol. The van der Waals surface area contributed by atoms with Gasteiger partial charge < -0.3 is 27.4 Å². The van der Waals surface area contributed by atoms with Crippen molar-refractivity contribution in [2.45, 2.75) is 0 Å². The molecule has 0 amide bonds. The molecule has 8 heavy (non-hydrogen) atoms. The van der Waals surface area contributed by atoms with Crippen LogP contribution in [0.1, 0.15) is 0 Å². The minimum absolute atomic E-state index is 0. The van der Waals surface area contributed by atoms with Crippen molar-refractivity contribution in [3.05, 3.63) is 0 Å². The van der Waals surface area contributed by atoms with Gasteiger partial charge in [-0.05, 0) is 0 Å². The Morgan fingerprint density at radius 1 is 0.750 bits per heavy atom. The van der Waals surface area contributed by atoms with Crippen molar-refractivity contribution < 1.29 is 48.7 Å². The zero-order chi connectivity index (χ0) is 2.00. The van der Waals surface area contributed by atoms with Gasteiger partial charge in [-0.25, -0.2) is 0 Å². The molecule has 0 rings (SSSR count). The molecule has 0 atom stereocenters. The second-order valence-corrected chi connectivity index (χ2v) is 0. The topological polar surface area (TPSA) is 166 Å². The third-order valence-electron chi connectivity index (χ3n) is 0. The van der Waals surface area contributed by atoms with Gasteiger partial charge in [-0.3, -0.25) is 0 Å². The summed E-state index contributed by atoms with van der Waals surface area (Å²) in [5.74, 6) is 0. The summed E-state index contributed by atoms with van der Waals surface area (Å²) >= 11 is 0.194. The molecule has 0 saturated heterocycles. The summed E-state index contributed by atoms with van der Waals surface area (Å²) in [5.41, 5.74) is 0. The van der Waals surface area contributed by atoms with Crippen LogP contribution in [-0.4, -0.2) is 35.7 Å². The van der Waals surface area contributed by atoms with Crippen molar-refractivity contribution in [2.24, 2.45) is 0 Å². The third kappa shape index (κ3) is 228. The maximum absolute atomic E-state index is 8.36. The van der Waals surface area contributed by atoms with E-state index in [9.17, 15) is 0 Å². The van der Waals surface area contributed by atoms with Crippen LogP contribution in [0.2, 0.25) is 0 Å². The van der Waals surface area contributed by atoms with Gasteiger partial charge >= 0.3 is 27.5 Å². The van der Waals surface area contributed by atoms with E-state index in [0.29, 0.717) is 0 Å². The molecule has 3 radical (unpaired) electrons. The van der Waals surface area contributed by atoms with Crippen molar-refractivity contribution in [2.75, 3.05) is 0 Å². The Hall–Kier alpha value is 1.07. The first-order chi connectivity index (χ1) is 1.00. The van der Waals surface area contributed by atoms with E-state index in [0.717, 1.165) is 0 Å². The fourth-order valence-electron chi connectivity index (χ4n) is 0. The van der Waals surface area contributed by atoms with E-state index in [4.69, 9.17) is 2.81 Å². The zero-order valence-corrected chi connectivity index (χ0v) is 8.40. The van der Waals surface area contributed by atoms with Gasteiger partial charge in [0.25, 0.3) is 0 Å². The summed E-state index contributed by atoms with van der Waals surface area (Å²) in [4.78, 5) is 0. The van der Waals surface area contributed by atoms with E-state index < -0.39 is 0 Å². The zero-order valence-electron chi connectivity index (χ0n) is 3.53. The van der Waals surface area contributed by atoms with E-state index in [1.165, 1.54) is 0 Å². The van der Waals surface area contributed by atoms with Crippen molar-refractivity contribution in [1.29, 1.82) is 0 Å². The summed E-state index contributed by atoms with van der Waals surface area (Å²) in [6.07, 6.45) is 0. The maximum atomic E-state index is 8.36. The summed E-state index contributed by atoms with van der Waals surface area (Å²) in [5, 5.41) is 0. The van der Waals surface area contributed by atoms with Crippen LogP contribution in [0.5, 0.6) is 0 Å². The molecular weight excluding hydrogens is 356 g/mol. The Kier molecular flexibility index (Phi) is 6100. The van der Waals surface area contributed by atoms with Gasteiger partial charge in [0.1, 0.15) is 0 Å². The standard InChI is InChI=1S/Bi.2H2O.4O.V/h;2*1H2;;;;;/q+1;;;;3*-2;. The van der Waals surface area contributed by atoms with Crippen LogP contribution in [0, 0.1) is 0 Å². The maximum Gasteiger partial charge on any atom is 0 e. The molecule has 0 aliphatic heterocycles. The van der Waals surface area contributed by atoms with E-state index in [1.54, 1.807) is 0 Å². The van der Waals surface area contributed by atoms with E-state index in [-0.39, 0.29) is 70.7 Å². The number of rotatable bonds is 0. The molecule has 55 valence electrons. The van der Waals surface area contributed by atoms with Crippen LogP contribution in [0.3, 0.4) is 0 Å². The Morgan fingerprint density at radius 3 is 0.750 bits per heavy atom. The number of hydrogen-bond acceptors (Lipinski definition) is 1. The van der Waals surface area contributed by atoms with Gasteiger partial charge in [-0.1, -0.05) is 0 Å². The molecule has 6 nitrogen and oxygen atoms in total. The third-order valence-corrected chi connectivity index (χ3v) is 0. The van der Waals surface area contributed by atoms with Crippen molar-refractivity contribution >= 4 is 24.7 Å². The Morgan fingerprint density at radius 2 is 0.750 bits per heavy atom. The molecule has 0 saturated carbocycles. The molecule has 0 bridgehead atoms. The second-order valence-electron chi connectivity index (χ2n) is 0. The first-order valence-electron chi connectivity index (χ1n) is 0.183. The molecule has 0 unspecified atom stereocenters. The molecule has 0 aromatic heterocycles. The fourth-order valence-corrected chi connectivity index (χ4v) is 0. The molecule has 0 aliphatic rings. The van der Waals surface area contributed by atoms with Crippen LogP contribution in [0.25, 0.3) is 0 Å².